The van der Waals surface area contributed by atoms with Crippen LogP contribution in [0.4, 0.5) is 0 Å². The van der Waals surface area contributed by atoms with E-state index in [1.54, 1.807) is 6.92 Å². The van der Waals surface area contributed by atoms with Crippen LogP contribution in [0, 0.1) is 0 Å². The zero-order chi connectivity index (χ0) is 15.3. The fourth-order valence-electron chi connectivity index (χ4n) is 0.465. The second kappa shape index (κ2) is 13.7. The molecule has 0 rings (SSSR count). The van der Waals surface area contributed by atoms with Gasteiger partial charge in [-0.15, -0.1) is 11.6 Å². The molecule has 0 aromatic rings. The van der Waals surface area contributed by atoms with Crippen LogP contribution < -0.4 is 5.73 Å². The van der Waals surface area contributed by atoms with Crippen molar-refractivity contribution in [3.8, 4) is 0 Å². The van der Waals surface area contributed by atoms with Crippen molar-refractivity contribution in [2.24, 2.45) is 5.73 Å². The maximum atomic E-state index is 10.2. The number of amides is 1. The number of rotatable bonds is 5. The molecular formula is C12H23ClN2O3. The normalized spacial score (nSPS) is 8.33. The Balaban J connectivity index is -0.000000241. The van der Waals surface area contributed by atoms with Crippen molar-refractivity contribution in [2.75, 3.05) is 27.0 Å². The van der Waals surface area contributed by atoms with Crippen LogP contribution in [-0.4, -0.2) is 48.9 Å². The molecule has 1 amide bonds. The van der Waals surface area contributed by atoms with Crippen LogP contribution in [0.25, 0.3) is 0 Å². The van der Waals surface area contributed by atoms with Crippen LogP contribution in [0.5, 0.6) is 0 Å². The van der Waals surface area contributed by atoms with Gasteiger partial charge >= 0.3 is 5.97 Å². The molecule has 0 aliphatic heterocycles. The summed E-state index contributed by atoms with van der Waals surface area (Å²) in [4.78, 5) is 21.9. The summed E-state index contributed by atoms with van der Waals surface area (Å²) in [6.07, 6.45) is 2.00. The molecule has 18 heavy (non-hydrogen) atoms. The van der Waals surface area contributed by atoms with Crippen LogP contribution in [0.15, 0.2) is 24.3 Å². The van der Waals surface area contributed by atoms with E-state index in [1.165, 1.54) is 6.38 Å². The predicted molar refractivity (Wildman–Crippen MR) is 75.7 cm³/mol. The van der Waals surface area contributed by atoms with Crippen molar-refractivity contribution in [1.82, 2.24) is 4.90 Å². The van der Waals surface area contributed by atoms with Crippen molar-refractivity contribution < 1.29 is 14.7 Å². The van der Waals surface area contributed by atoms with Gasteiger partial charge in [0.15, 0.2) is 0 Å². The van der Waals surface area contributed by atoms with Crippen LogP contribution in [0.2, 0.25) is 0 Å². The van der Waals surface area contributed by atoms with E-state index in [0.29, 0.717) is 12.0 Å². The monoisotopic (exact) mass is 278 g/mol. The van der Waals surface area contributed by atoms with Crippen LogP contribution >= 0.6 is 11.6 Å². The van der Waals surface area contributed by atoms with E-state index in [2.05, 4.69) is 24.8 Å². The number of carboxylic acids is 1. The second-order valence-electron chi connectivity index (χ2n) is 3.61. The highest BCUT2D eigenvalue weighted by Crippen LogP contribution is 1.97. The minimum absolute atomic E-state index is 0.272. The van der Waals surface area contributed by atoms with Gasteiger partial charge in [0.25, 0.3) is 0 Å². The molecule has 6 heteroatoms. The fraction of sp³-hybridized carbons (Fsp3) is 0.500. The van der Waals surface area contributed by atoms with Gasteiger partial charge in [0.05, 0.1) is 0 Å². The highest BCUT2D eigenvalue weighted by molar-refractivity contribution is 6.15. The van der Waals surface area contributed by atoms with E-state index < -0.39 is 11.9 Å². The summed E-state index contributed by atoms with van der Waals surface area (Å²) in [5.41, 5.74) is 5.37. The Bertz CT molecular complexity index is 277. The summed E-state index contributed by atoms with van der Waals surface area (Å²) in [6, 6.07) is 0. The standard InChI is InChI=1S/C7H13NO2.C4H7NO.CH3Cl/c1-6(7(9)10)4-5-8(2)3;1-3(2)4(5)6;1-2/h1,4-5H2,2-3H3,(H,9,10);1H2,2H3,(H2,5,6);1H3. The van der Waals surface area contributed by atoms with Crippen LogP contribution in [-0.2, 0) is 9.59 Å². The summed E-state index contributed by atoms with van der Waals surface area (Å²) >= 11 is 4.64. The number of hydrogen-bond donors (Lipinski definition) is 2. The number of nitrogens with zero attached hydrogens (tertiary/aromatic N) is 1. The van der Waals surface area contributed by atoms with Gasteiger partial charge in [-0.25, -0.2) is 4.79 Å². The highest BCUT2D eigenvalue weighted by atomic mass is 35.5. The number of carbonyl (C=O) groups excluding carboxylic acids is 1. The van der Waals surface area contributed by atoms with E-state index >= 15 is 0 Å². The Hall–Kier alpha value is -1.33. The summed E-state index contributed by atoms with van der Waals surface area (Å²) in [7, 11) is 3.80. The molecule has 0 aliphatic carbocycles. The third kappa shape index (κ3) is 20.1. The third-order valence-corrected chi connectivity index (χ3v) is 1.58. The predicted octanol–water partition coefficient (Wildman–Crippen LogP) is 1.48. The summed E-state index contributed by atoms with van der Waals surface area (Å²) < 4.78 is 0. The van der Waals surface area contributed by atoms with Crippen molar-refractivity contribution in [1.29, 1.82) is 0 Å². The molecule has 5 nitrogen and oxygen atoms in total. The molecule has 0 aromatic carbocycles. The van der Waals surface area contributed by atoms with E-state index in [1.807, 2.05) is 19.0 Å². The molecule has 106 valence electrons. The van der Waals surface area contributed by atoms with Crippen molar-refractivity contribution >= 4 is 23.5 Å². The molecule has 0 aromatic heterocycles. The molecule has 0 radical (unpaired) electrons. The molecule has 0 aliphatic rings. The SMILES string of the molecule is C=C(C)C(N)=O.C=C(CCN(C)C)C(=O)O.CCl. The molecule has 0 spiro atoms. The first kappa shape index (κ1) is 21.9. The van der Waals surface area contributed by atoms with Gasteiger partial charge < -0.3 is 15.7 Å². The van der Waals surface area contributed by atoms with Gasteiger partial charge in [0.2, 0.25) is 5.91 Å². The number of aliphatic carboxylic acids is 1. The number of hydrogen-bond acceptors (Lipinski definition) is 3. The number of halogens is 1. The van der Waals surface area contributed by atoms with E-state index in [-0.39, 0.29) is 5.57 Å². The number of carboxylic acid groups (broad SMARTS) is 1. The van der Waals surface area contributed by atoms with Crippen molar-refractivity contribution in [2.45, 2.75) is 13.3 Å². The number of alkyl halides is 1. The van der Waals surface area contributed by atoms with Gasteiger partial charge in [-0.2, -0.15) is 0 Å². The molecule has 0 saturated carbocycles. The summed E-state index contributed by atoms with van der Waals surface area (Å²) in [5.74, 6) is -1.34. The first-order valence-corrected chi connectivity index (χ1v) is 5.83. The maximum Gasteiger partial charge on any atom is 0.331 e. The maximum absolute atomic E-state index is 10.2. The molecule has 0 heterocycles. The molecular weight excluding hydrogens is 256 g/mol. The Kier molecular flexibility index (Phi) is 16.7. The fourth-order valence-corrected chi connectivity index (χ4v) is 0.465. The molecule has 3 N–H and O–H groups in total. The molecule has 0 unspecified atom stereocenters. The number of carbonyl (C=O) groups is 2. The smallest absolute Gasteiger partial charge is 0.331 e. The zero-order valence-corrected chi connectivity index (χ0v) is 12.3. The Labute approximate surface area is 114 Å². The van der Waals surface area contributed by atoms with Gasteiger partial charge in [0.1, 0.15) is 0 Å². The van der Waals surface area contributed by atoms with E-state index in [0.717, 1.165) is 6.54 Å². The number of primary amides is 1. The minimum atomic E-state index is -0.901. The average molecular weight is 279 g/mol. The lowest BCUT2D eigenvalue weighted by atomic mass is 10.2. The van der Waals surface area contributed by atoms with Gasteiger partial charge in [-0.05, 0) is 27.4 Å². The molecule has 0 bridgehead atoms. The highest BCUT2D eigenvalue weighted by Gasteiger charge is 2.02. The van der Waals surface area contributed by atoms with Crippen molar-refractivity contribution in [3.05, 3.63) is 24.3 Å². The zero-order valence-electron chi connectivity index (χ0n) is 11.5. The quantitative estimate of drug-likeness (QED) is 0.589. The molecule has 0 fully saturated rings. The summed E-state index contributed by atoms with van der Waals surface area (Å²) in [6.45, 7) is 8.99. The van der Waals surface area contributed by atoms with Gasteiger partial charge in [-0.3, -0.25) is 4.79 Å². The minimum Gasteiger partial charge on any atom is -0.478 e. The largest absolute Gasteiger partial charge is 0.478 e. The lowest BCUT2D eigenvalue weighted by Crippen LogP contribution is -2.15. The van der Waals surface area contributed by atoms with Crippen molar-refractivity contribution in [3.63, 3.8) is 0 Å². The Morgan fingerprint density at radius 2 is 1.61 bits per heavy atom. The van der Waals surface area contributed by atoms with E-state index in [9.17, 15) is 9.59 Å². The van der Waals surface area contributed by atoms with Gasteiger partial charge in [0, 0.05) is 24.1 Å². The van der Waals surface area contributed by atoms with Crippen LogP contribution in [0.3, 0.4) is 0 Å². The second-order valence-corrected chi connectivity index (χ2v) is 3.61. The van der Waals surface area contributed by atoms with Crippen LogP contribution in [0.1, 0.15) is 13.3 Å². The lowest BCUT2D eigenvalue weighted by Gasteiger charge is -2.07. The first-order valence-electron chi connectivity index (χ1n) is 5.07. The average Bonchev–Trinajstić information content (AvgIpc) is 2.28. The summed E-state index contributed by atoms with van der Waals surface area (Å²) in [5, 5.41) is 8.38. The molecule has 0 atom stereocenters. The topological polar surface area (TPSA) is 83.6 Å². The van der Waals surface area contributed by atoms with Gasteiger partial charge in [-0.1, -0.05) is 13.2 Å². The lowest BCUT2D eigenvalue weighted by molar-refractivity contribution is -0.132. The Morgan fingerprint density at radius 3 is 1.78 bits per heavy atom. The molecule has 0 saturated heterocycles. The number of nitrogens with two attached hydrogens (primary N) is 1. The Morgan fingerprint density at radius 1 is 1.28 bits per heavy atom. The van der Waals surface area contributed by atoms with E-state index in [4.69, 9.17) is 10.8 Å². The first-order chi connectivity index (χ1) is 8.18. The third-order valence-electron chi connectivity index (χ3n) is 1.58.